The van der Waals surface area contributed by atoms with Gasteiger partial charge in [-0.25, -0.2) is 0 Å². The first kappa shape index (κ1) is 10.1. The zero-order chi connectivity index (χ0) is 10.7. The summed E-state index contributed by atoms with van der Waals surface area (Å²) in [6.45, 7) is 2.12. The van der Waals surface area contributed by atoms with Gasteiger partial charge in [0.2, 0.25) is 0 Å². The van der Waals surface area contributed by atoms with E-state index in [0.717, 1.165) is 31.4 Å². The number of aromatic nitrogens is 1. The molecule has 2 rings (SSSR count). The van der Waals surface area contributed by atoms with Crippen molar-refractivity contribution in [3.05, 3.63) is 29.6 Å². The van der Waals surface area contributed by atoms with E-state index in [9.17, 15) is 4.79 Å². The maximum Gasteiger partial charge on any atom is 0.253 e. The largest absolute Gasteiger partial charge is 0.349 e. The fraction of sp³-hybridized carbons (Fsp3) is 0.500. The number of carbonyl (C=O) groups excluding carboxylic acids is 1. The van der Waals surface area contributed by atoms with Crippen LogP contribution in [0.15, 0.2) is 18.3 Å². The van der Waals surface area contributed by atoms with E-state index in [1.54, 1.807) is 6.20 Å². The molecule has 0 atom stereocenters. The molecule has 0 aromatic carbocycles. The highest BCUT2D eigenvalue weighted by Crippen LogP contribution is 2.19. The van der Waals surface area contributed by atoms with Crippen LogP contribution >= 0.6 is 0 Å². The first-order valence-corrected chi connectivity index (χ1v) is 5.55. The molecule has 80 valence electrons. The molecule has 1 aliphatic carbocycles. The lowest BCUT2D eigenvalue weighted by Crippen LogP contribution is -2.25. The Bertz CT molecular complexity index is 341. The normalized spacial score (nSPS) is 15.0. The first-order chi connectivity index (χ1) is 7.29. The smallest absolute Gasteiger partial charge is 0.253 e. The third-order valence-corrected chi connectivity index (χ3v) is 2.51. The standard InChI is InChI=1S/C12H16N2O/c1-2-3-10-5-4-9(8-13-10)12(15)14-11-6-7-11/h4-5,8,11H,2-3,6-7H2,1H3,(H,14,15). The maximum absolute atomic E-state index is 11.6. The molecule has 3 nitrogen and oxygen atoms in total. The Balaban J connectivity index is 1.98. The van der Waals surface area contributed by atoms with Gasteiger partial charge in [0.25, 0.3) is 5.91 Å². The van der Waals surface area contributed by atoms with Gasteiger partial charge in [-0.3, -0.25) is 9.78 Å². The minimum atomic E-state index is 0.00745. The highest BCUT2D eigenvalue weighted by atomic mass is 16.1. The van der Waals surface area contributed by atoms with Crippen molar-refractivity contribution in [3.63, 3.8) is 0 Å². The highest BCUT2D eigenvalue weighted by Gasteiger charge is 2.23. The summed E-state index contributed by atoms with van der Waals surface area (Å²) in [5, 5.41) is 2.94. The van der Waals surface area contributed by atoms with E-state index >= 15 is 0 Å². The van der Waals surface area contributed by atoms with Crippen LogP contribution in [0, 0.1) is 0 Å². The van der Waals surface area contributed by atoms with Gasteiger partial charge in [-0.1, -0.05) is 13.3 Å². The number of hydrogen-bond acceptors (Lipinski definition) is 2. The number of hydrogen-bond donors (Lipinski definition) is 1. The van der Waals surface area contributed by atoms with Gasteiger partial charge in [0.1, 0.15) is 0 Å². The molecule has 1 aromatic heterocycles. The summed E-state index contributed by atoms with van der Waals surface area (Å²) in [6, 6.07) is 4.20. The van der Waals surface area contributed by atoms with Crippen molar-refractivity contribution in [2.75, 3.05) is 0 Å². The highest BCUT2D eigenvalue weighted by molar-refractivity contribution is 5.94. The summed E-state index contributed by atoms with van der Waals surface area (Å²) in [5.74, 6) is 0.00745. The zero-order valence-corrected chi connectivity index (χ0v) is 8.99. The van der Waals surface area contributed by atoms with Gasteiger partial charge in [-0.15, -0.1) is 0 Å². The van der Waals surface area contributed by atoms with E-state index in [0.29, 0.717) is 11.6 Å². The maximum atomic E-state index is 11.6. The number of rotatable bonds is 4. The van der Waals surface area contributed by atoms with Gasteiger partial charge >= 0.3 is 0 Å². The zero-order valence-electron chi connectivity index (χ0n) is 8.99. The average Bonchev–Trinajstić information content (AvgIpc) is 3.03. The fourth-order valence-electron chi connectivity index (χ4n) is 1.46. The van der Waals surface area contributed by atoms with Crippen molar-refractivity contribution in [3.8, 4) is 0 Å². The first-order valence-electron chi connectivity index (χ1n) is 5.55. The van der Waals surface area contributed by atoms with Crippen LogP contribution in [0.4, 0.5) is 0 Å². The van der Waals surface area contributed by atoms with Crippen LogP contribution in [-0.4, -0.2) is 16.9 Å². The van der Waals surface area contributed by atoms with Crippen molar-refractivity contribution in [2.45, 2.75) is 38.6 Å². The second kappa shape index (κ2) is 4.43. The summed E-state index contributed by atoms with van der Waals surface area (Å²) < 4.78 is 0. The van der Waals surface area contributed by atoms with Gasteiger partial charge in [0, 0.05) is 17.9 Å². The lowest BCUT2D eigenvalue weighted by atomic mass is 10.2. The van der Waals surface area contributed by atoms with Gasteiger partial charge < -0.3 is 5.32 Å². The molecule has 0 radical (unpaired) electrons. The van der Waals surface area contributed by atoms with Crippen LogP contribution in [0.3, 0.4) is 0 Å². The van der Waals surface area contributed by atoms with Crippen molar-refractivity contribution in [1.29, 1.82) is 0 Å². The number of pyridine rings is 1. The monoisotopic (exact) mass is 204 g/mol. The summed E-state index contributed by atoms with van der Waals surface area (Å²) in [4.78, 5) is 15.9. The Morgan fingerprint density at radius 1 is 1.53 bits per heavy atom. The molecule has 1 N–H and O–H groups in total. The molecular weight excluding hydrogens is 188 g/mol. The molecule has 1 aromatic rings. The predicted octanol–water partition coefficient (Wildman–Crippen LogP) is 1.93. The second-order valence-electron chi connectivity index (χ2n) is 4.04. The van der Waals surface area contributed by atoms with Gasteiger partial charge in [0.05, 0.1) is 5.56 Å². The molecule has 15 heavy (non-hydrogen) atoms. The molecule has 3 heteroatoms. The topological polar surface area (TPSA) is 42.0 Å². The molecular formula is C12H16N2O. The average molecular weight is 204 g/mol. The van der Waals surface area contributed by atoms with Gasteiger partial charge in [0.15, 0.2) is 0 Å². The van der Waals surface area contributed by atoms with Crippen molar-refractivity contribution < 1.29 is 4.79 Å². The number of aryl methyl sites for hydroxylation is 1. The molecule has 0 saturated heterocycles. The third kappa shape index (κ3) is 2.78. The minimum absolute atomic E-state index is 0.00745. The Hall–Kier alpha value is -1.38. The molecule has 1 saturated carbocycles. The lowest BCUT2D eigenvalue weighted by Gasteiger charge is -2.03. The predicted molar refractivity (Wildman–Crippen MR) is 58.7 cm³/mol. The van der Waals surface area contributed by atoms with E-state index in [1.165, 1.54) is 0 Å². The van der Waals surface area contributed by atoms with Crippen LogP contribution in [0.25, 0.3) is 0 Å². The van der Waals surface area contributed by atoms with Crippen LogP contribution < -0.4 is 5.32 Å². The quantitative estimate of drug-likeness (QED) is 0.814. The minimum Gasteiger partial charge on any atom is -0.349 e. The Morgan fingerprint density at radius 2 is 2.33 bits per heavy atom. The molecule has 1 aliphatic rings. The summed E-state index contributed by atoms with van der Waals surface area (Å²) in [7, 11) is 0. The van der Waals surface area contributed by atoms with Gasteiger partial charge in [-0.05, 0) is 31.4 Å². The van der Waals surface area contributed by atoms with E-state index < -0.39 is 0 Å². The SMILES string of the molecule is CCCc1ccc(C(=O)NC2CC2)cn1. The Labute approximate surface area is 89.9 Å². The fourth-order valence-corrected chi connectivity index (χ4v) is 1.46. The van der Waals surface area contributed by atoms with Gasteiger partial charge in [-0.2, -0.15) is 0 Å². The van der Waals surface area contributed by atoms with E-state index in [-0.39, 0.29) is 5.91 Å². The second-order valence-corrected chi connectivity index (χ2v) is 4.04. The van der Waals surface area contributed by atoms with E-state index in [4.69, 9.17) is 0 Å². The molecule has 1 amide bonds. The molecule has 1 heterocycles. The van der Waals surface area contributed by atoms with E-state index in [2.05, 4.69) is 17.2 Å². The third-order valence-electron chi connectivity index (χ3n) is 2.51. The van der Waals surface area contributed by atoms with Crippen LogP contribution in [0.2, 0.25) is 0 Å². The van der Waals surface area contributed by atoms with Crippen molar-refractivity contribution >= 4 is 5.91 Å². The van der Waals surface area contributed by atoms with Crippen molar-refractivity contribution in [1.82, 2.24) is 10.3 Å². The molecule has 0 aliphatic heterocycles. The molecule has 0 unspecified atom stereocenters. The van der Waals surface area contributed by atoms with Crippen LogP contribution in [-0.2, 0) is 6.42 Å². The summed E-state index contributed by atoms with van der Waals surface area (Å²) in [6.07, 6.45) is 5.97. The summed E-state index contributed by atoms with van der Waals surface area (Å²) >= 11 is 0. The molecule has 0 bridgehead atoms. The van der Waals surface area contributed by atoms with Crippen LogP contribution in [0.1, 0.15) is 42.2 Å². The van der Waals surface area contributed by atoms with Crippen LogP contribution in [0.5, 0.6) is 0 Å². The van der Waals surface area contributed by atoms with E-state index in [1.807, 2.05) is 12.1 Å². The number of carbonyl (C=O) groups is 1. The molecule has 0 spiro atoms. The molecule has 1 fully saturated rings. The Kier molecular flexibility index (Phi) is 2.99. The summed E-state index contributed by atoms with van der Waals surface area (Å²) in [5.41, 5.74) is 1.72. The lowest BCUT2D eigenvalue weighted by molar-refractivity contribution is 0.0950. The Morgan fingerprint density at radius 3 is 2.87 bits per heavy atom. The number of amides is 1. The number of nitrogens with one attached hydrogen (secondary N) is 1. The number of nitrogens with zero attached hydrogens (tertiary/aromatic N) is 1. The van der Waals surface area contributed by atoms with Crippen molar-refractivity contribution in [2.24, 2.45) is 0 Å².